The average Bonchev–Trinajstić information content (AvgIpc) is 1.64. The third-order valence-corrected chi connectivity index (χ3v) is 3.44. The molecule has 4 heteroatoms. The Morgan fingerprint density at radius 3 is 1.80 bits per heavy atom. The Hall–Kier alpha value is 0.956. The summed E-state index contributed by atoms with van der Waals surface area (Å²) >= 11 is 0. The topological polar surface area (TPSA) is 37.3 Å². The molecule has 2 nitrogen and oxygen atoms in total. The summed E-state index contributed by atoms with van der Waals surface area (Å²) < 4.78 is 11.0. The smallest absolute Gasteiger partial charge is 1.00 e. The van der Waals surface area contributed by atoms with Crippen LogP contribution in [-0.2, 0) is 4.57 Å². The van der Waals surface area contributed by atoms with Gasteiger partial charge in [-0.25, -0.2) is 0 Å². The molecule has 10 heavy (non-hydrogen) atoms. The number of rotatable bonds is 4. The summed E-state index contributed by atoms with van der Waals surface area (Å²) in [6.07, 6.45) is 2.60. The van der Waals surface area contributed by atoms with Crippen molar-refractivity contribution in [2.75, 3.05) is 12.3 Å². The van der Waals surface area contributed by atoms with Gasteiger partial charge in [-0.05, 0) is 12.8 Å². The first kappa shape index (κ1) is 13.5. The monoisotopic (exact) mass is 176 g/mol. The van der Waals surface area contributed by atoms with Crippen molar-refractivity contribution in [2.24, 2.45) is 0 Å². The predicted octanol–water partition coefficient (Wildman–Crippen LogP) is 1.92. The van der Waals surface area contributed by atoms with Crippen molar-refractivity contribution in [2.45, 2.75) is 26.7 Å². The summed E-state index contributed by atoms with van der Waals surface area (Å²) in [6, 6.07) is 0. The van der Waals surface area contributed by atoms with Crippen LogP contribution in [0, 0.1) is 0 Å². The molecule has 0 aliphatic rings. The van der Waals surface area contributed by atoms with Gasteiger partial charge >= 0.3 is 23.1 Å². The Balaban J connectivity index is -0.000000107. The molecule has 0 heterocycles. The molecule has 0 spiro atoms. The van der Waals surface area contributed by atoms with E-state index in [2.05, 4.69) is 0 Å². The van der Waals surface area contributed by atoms with Gasteiger partial charge in [-0.1, -0.05) is 13.8 Å². The zero-order valence-electron chi connectivity index (χ0n) is 8.84. The Morgan fingerprint density at radius 1 is 1.30 bits per heavy atom. The van der Waals surface area contributed by atoms with E-state index in [1.807, 2.05) is 13.8 Å². The summed E-state index contributed by atoms with van der Waals surface area (Å²) in [5, 5.41) is 0. The summed E-state index contributed by atoms with van der Waals surface area (Å²) in [4.78, 5) is 9.07. The fourth-order valence-corrected chi connectivity index (χ4v) is 2.43. The summed E-state index contributed by atoms with van der Waals surface area (Å²) in [6.45, 7) is 3.86. The van der Waals surface area contributed by atoms with E-state index in [0.717, 1.165) is 12.8 Å². The largest absolute Gasteiger partial charge is 2.00 e. The third-order valence-electron chi connectivity index (χ3n) is 1.15. The fourth-order valence-electron chi connectivity index (χ4n) is 0.811. The first-order valence-corrected chi connectivity index (χ1v) is 5.46. The standard InChI is InChI=1S/C6H15O2P.Mg.2H/c1-3-5-9(7,8)6-4-2;;;/h3-6H2,1-2H3,(H,7,8);;;/q;+2;2*-1. The molecule has 0 bridgehead atoms. The van der Waals surface area contributed by atoms with Crippen molar-refractivity contribution in [1.82, 2.24) is 0 Å². The van der Waals surface area contributed by atoms with Crippen LogP contribution in [0.2, 0.25) is 0 Å². The van der Waals surface area contributed by atoms with Crippen LogP contribution in [0.1, 0.15) is 29.5 Å². The first-order chi connectivity index (χ1) is 4.12. The van der Waals surface area contributed by atoms with Crippen molar-refractivity contribution in [3.8, 4) is 0 Å². The molecule has 0 aromatic rings. The van der Waals surface area contributed by atoms with Crippen LogP contribution in [0.15, 0.2) is 0 Å². The van der Waals surface area contributed by atoms with E-state index >= 15 is 0 Å². The molecule has 0 rings (SSSR count). The van der Waals surface area contributed by atoms with Gasteiger partial charge in [0.2, 0.25) is 7.37 Å². The van der Waals surface area contributed by atoms with Crippen LogP contribution in [0.25, 0.3) is 0 Å². The maximum absolute atomic E-state index is 11.0. The maximum Gasteiger partial charge on any atom is 2.00 e. The van der Waals surface area contributed by atoms with Gasteiger partial charge in [-0.2, -0.15) is 0 Å². The number of hydrogen-bond acceptors (Lipinski definition) is 1. The van der Waals surface area contributed by atoms with E-state index in [1.165, 1.54) is 0 Å². The minimum atomic E-state index is -2.69. The molecule has 1 N–H and O–H groups in total. The van der Waals surface area contributed by atoms with Gasteiger partial charge in [0.15, 0.2) is 0 Å². The molecular weight excluding hydrogens is 159 g/mol. The molecule has 0 saturated carbocycles. The van der Waals surface area contributed by atoms with Gasteiger partial charge in [-0.3, -0.25) is 4.57 Å². The number of hydrogen-bond donors (Lipinski definition) is 1. The van der Waals surface area contributed by atoms with Gasteiger partial charge in [0.25, 0.3) is 0 Å². The second-order valence-electron chi connectivity index (χ2n) is 2.29. The molecule has 0 aromatic heterocycles. The van der Waals surface area contributed by atoms with Gasteiger partial charge in [0, 0.05) is 12.3 Å². The maximum atomic E-state index is 11.0. The van der Waals surface area contributed by atoms with Crippen LogP contribution >= 0.6 is 7.37 Å². The van der Waals surface area contributed by atoms with E-state index < -0.39 is 7.37 Å². The molecule has 0 saturated heterocycles. The van der Waals surface area contributed by atoms with Crippen molar-refractivity contribution >= 4 is 30.4 Å². The summed E-state index contributed by atoms with van der Waals surface area (Å²) in [7, 11) is -2.69. The SMILES string of the molecule is CCCP(=O)(O)CCC.[H-].[H-].[Mg+2]. The summed E-state index contributed by atoms with van der Waals surface area (Å²) in [5.74, 6) is 0. The first-order valence-electron chi connectivity index (χ1n) is 3.43. The minimum Gasteiger partial charge on any atom is -1.00 e. The van der Waals surface area contributed by atoms with Crippen LogP contribution in [0.3, 0.4) is 0 Å². The van der Waals surface area contributed by atoms with E-state index in [9.17, 15) is 4.57 Å². The zero-order valence-corrected chi connectivity index (χ0v) is 9.15. The van der Waals surface area contributed by atoms with E-state index in [4.69, 9.17) is 4.89 Å². The van der Waals surface area contributed by atoms with Gasteiger partial charge < -0.3 is 7.75 Å². The van der Waals surface area contributed by atoms with E-state index in [1.54, 1.807) is 0 Å². The van der Waals surface area contributed by atoms with Crippen molar-refractivity contribution in [1.29, 1.82) is 0 Å². The predicted molar refractivity (Wildman–Crippen MR) is 48.1 cm³/mol. The molecule has 0 radical (unpaired) electrons. The van der Waals surface area contributed by atoms with E-state index in [0.29, 0.717) is 12.3 Å². The zero-order chi connectivity index (χ0) is 7.33. The van der Waals surface area contributed by atoms with Crippen molar-refractivity contribution in [3.05, 3.63) is 0 Å². The Kier molecular flexibility index (Phi) is 9.01. The molecule has 0 aromatic carbocycles. The minimum absolute atomic E-state index is 0. The van der Waals surface area contributed by atoms with Crippen LogP contribution in [0.4, 0.5) is 0 Å². The summed E-state index contributed by atoms with van der Waals surface area (Å²) in [5.41, 5.74) is 0. The molecule has 0 atom stereocenters. The Morgan fingerprint density at radius 2 is 1.60 bits per heavy atom. The Bertz CT molecular complexity index is 114. The van der Waals surface area contributed by atoms with Gasteiger partial charge in [0.05, 0.1) is 0 Å². The van der Waals surface area contributed by atoms with Gasteiger partial charge in [0.1, 0.15) is 0 Å². The van der Waals surface area contributed by atoms with Gasteiger partial charge in [-0.15, -0.1) is 0 Å². The molecule has 60 valence electrons. The van der Waals surface area contributed by atoms with E-state index in [-0.39, 0.29) is 25.9 Å². The normalized spacial score (nSPS) is 10.7. The molecule has 0 aliphatic heterocycles. The molecular formula is C6H17MgO2P. The van der Waals surface area contributed by atoms with Crippen LogP contribution < -0.4 is 0 Å². The Labute approximate surface area is 82.0 Å². The second-order valence-corrected chi connectivity index (χ2v) is 4.88. The van der Waals surface area contributed by atoms with Crippen LogP contribution in [0.5, 0.6) is 0 Å². The molecule has 0 amide bonds. The molecule has 0 fully saturated rings. The molecule has 0 aliphatic carbocycles. The fraction of sp³-hybridized carbons (Fsp3) is 1.00. The third kappa shape index (κ3) is 7.07. The van der Waals surface area contributed by atoms with Crippen LogP contribution in [-0.4, -0.2) is 40.3 Å². The molecule has 0 unspecified atom stereocenters. The van der Waals surface area contributed by atoms with Crippen molar-refractivity contribution < 1.29 is 12.3 Å². The van der Waals surface area contributed by atoms with Crippen molar-refractivity contribution in [3.63, 3.8) is 0 Å². The average molecular weight is 176 g/mol. The quantitative estimate of drug-likeness (QED) is 0.525. The second kappa shape index (κ2) is 6.65.